The van der Waals surface area contributed by atoms with Crippen molar-refractivity contribution in [1.29, 1.82) is 0 Å². The first-order valence-corrected chi connectivity index (χ1v) is 26.5. The van der Waals surface area contributed by atoms with Crippen LogP contribution in [0.2, 0.25) is 0 Å². The Morgan fingerprint density at radius 1 is 0.250 bits per heavy atom. The minimum absolute atomic E-state index is 0.556. The molecule has 0 unspecified atom stereocenters. The van der Waals surface area contributed by atoms with Crippen molar-refractivity contribution in [3.8, 4) is 50.2 Å². The second kappa shape index (κ2) is 16.6. The summed E-state index contributed by atoms with van der Waals surface area (Å²) in [6.07, 6.45) is 0. The fourth-order valence-corrected chi connectivity index (χ4v) is 13.6. The molecule has 1 heterocycles. The summed E-state index contributed by atoms with van der Waals surface area (Å²) in [5.74, 6) is 0. The van der Waals surface area contributed by atoms with Gasteiger partial charge in [0, 0.05) is 16.5 Å². The van der Waals surface area contributed by atoms with Crippen LogP contribution in [0, 0.1) is 0 Å². The summed E-state index contributed by atoms with van der Waals surface area (Å²) >= 11 is 0. The highest BCUT2D eigenvalue weighted by Gasteiger charge is 2.48. The summed E-state index contributed by atoms with van der Waals surface area (Å²) in [4.78, 5) is 0. The first-order valence-electron chi connectivity index (χ1n) is 26.5. The Kier molecular flexibility index (Phi) is 9.32. The van der Waals surface area contributed by atoms with Crippen LogP contribution in [0.5, 0.6) is 0 Å². The zero-order valence-electron chi connectivity index (χ0n) is 41.6. The van der Waals surface area contributed by atoms with Gasteiger partial charge in [0.1, 0.15) is 0 Å². The lowest BCUT2D eigenvalue weighted by atomic mass is 9.66. The van der Waals surface area contributed by atoms with Crippen molar-refractivity contribution >= 4 is 75.7 Å². The standard InChI is InChI=1S/C75H47N/c1-4-20-54(21-5-1)75(55-22-6-2-7-23-55)68-47-53-44-50(40-41-51(53)45-67(68)73-60-29-12-10-26-57(60)58-27-11-17-34-65(58)74(73)75)48-36-38-49(39-37-48)71-61-30-13-15-32-63(61)72(64-33-16-14-31-62(64)71)52-42-43-70-66(46-52)59-28-18-19-35-69(59)76(70)56-24-8-3-9-25-56/h1-47H. The van der Waals surface area contributed by atoms with Gasteiger partial charge in [0.05, 0.1) is 16.4 Å². The summed E-state index contributed by atoms with van der Waals surface area (Å²) in [6.45, 7) is 0. The average Bonchev–Trinajstić information content (AvgIpc) is 4.14. The van der Waals surface area contributed by atoms with Gasteiger partial charge in [0.2, 0.25) is 0 Å². The molecule has 1 aliphatic rings. The summed E-state index contributed by atoms with van der Waals surface area (Å²) < 4.78 is 2.39. The Hall–Kier alpha value is -9.82. The molecule has 76 heavy (non-hydrogen) atoms. The third-order valence-electron chi connectivity index (χ3n) is 16.8. The van der Waals surface area contributed by atoms with Gasteiger partial charge in [-0.1, -0.05) is 237 Å². The fraction of sp³-hybridized carbons (Fsp3) is 0.0133. The molecule has 0 fully saturated rings. The smallest absolute Gasteiger partial charge is 0.0720 e. The van der Waals surface area contributed by atoms with E-state index < -0.39 is 5.41 Å². The second-order valence-corrected chi connectivity index (χ2v) is 20.6. The van der Waals surface area contributed by atoms with Crippen LogP contribution in [0.15, 0.2) is 285 Å². The first kappa shape index (κ1) is 42.7. The Labute approximate surface area is 440 Å². The van der Waals surface area contributed by atoms with Crippen LogP contribution in [0.25, 0.3) is 126 Å². The van der Waals surface area contributed by atoms with E-state index in [0.29, 0.717) is 0 Å². The molecule has 0 saturated carbocycles. The van der Waals surface area contributed by atoms with Crippen LogP contribution in [-0.4, -0.2) is 4.57 Å². The molecule has 14 aromatic carbocycles. The molecule has 1 heteroatoms. The van der Waals surface area contributed by atoms with Gasteiger partial charge < -0.3 is 4.57 Å². The summed E-state index contributed by atoms with van der Waals surface area (Å²) in [5, 5.41) is 15.1. The fourth-order valence-electron chi connectivity index (χ4n) is 13.6. The molecular weight excluding hydrogens is 915 g/mol. The molecule has 0 radical (unpaired) electrons. The van der Waals surface area contributed by atoms with Crippen molar-refractivity contribution in [2.75, 3.05) is 0 Å². The van der Waals surface area contributed by atoms with Crippen molar-refractivity contribution in [3.05, 3.63) is 307 Å². The number of rotatable bonds is 6. The van der Waals surface area contributed by atoms with E-state index in [1.54, 1.807) is 0 Å². The van der Waals surface area contributed by atoms with Crippen molar-refractivity contribution < 1.29 is 0 Å². The van der Waals surface area contributed by atoms with E-state index in [4.69, 9.17) is 0 Å². The highest BCUT2D eigenvalue weighted by Crippen LogP contribution is 2.61. The normalized spacial score (nSPS) is 12.8. The third kappa shape index (κ3) is 6.09. The van der Waals surface area contributed by atoms with Crippen molar-refractivity contribution in [1.82, 2.24) is 4.57 Å². The first-order chi connectivity index (χ1) is 37.7. The Morgan fingerprint density at radius 2 is 0.697 bits per heavy atom. The molecule has 0 atom stereocenters. The monoisotopic (exact) mass is 961 g/mol. The van der Waals surface area contributed by atoms with E-state index in [1.807, 2.05) is 0 Å². The zero-order valence-corrected chi connectivity index (χ0v) is 41.6. The van der Waals surface area contributed by atoms with Gasteiger partial charge in [0.15, 0.2) is 0 Å². The average molecular weight is 962 g/mol. The zero-order chi connectivity index (χ0) is 49.9. The number of fused-ring (bicyclic) bond motifs is 14. The largest absolute Gasteiger partial charge is 0.309 e. The number of para-hydroxylation sites is 2. The van der Waals surface area contributed by atoms with Gasteiger partial charge in [-0.3, -0.25) is 0 Å². The van der Waals surface area contributed by atoms with Gasteiger partial charge >= 0.3 is 0 Å². The number of nitrogens with zero attached hydrogens (tertiary/aromatic N) is 1. The summed E-state index contributed by atoms with van der Waals surface area (Å²) in [7, 11) is 0. The van der Waals surface area contributed by atoms with Crippen molar-refractivity contribution in [3.63, 3.8) is 0 Å². The molecule has 1 nitrogen and oxygen atoms in total. The van der Waals surface area contributed by atoms with Crippen LogP contribution in [0.1, 0.15) is 22.3 Å². The van der Waals surface area contributed by atoms with Crippen molar-refractivity contribution in [2.24, 2.45) is 0 Å². The molecule has 0 N–H and O–H groups in total. The lowest BCUT2D eigenvalue weighted by Crippen LogP contribution is -2.28. The van der Waals surface area contributed by atoms with Gasteiger partial charge in [-0.2, -0.15) is 0 Å². The van der Waals surface area contributed by atoms with E-state index in [0.717, 1.165) is 0 Å². The maximum atomic E-state index is 2.52. The lowest BCUT2D eigenvalue weighted by molar-refractivity contribution is 0.777. The van der Waals surface area contributed by atoms with Gasteiger partial charge in [-0.05, 0) is 169 Å². The Morgan fingerprint density at radius 3 is 1.32 bits per heavy atom. The maximum absolute atomic E-state index is 2.52. The predicted octanol–water partition coefficient (Wildman–Crippen LogP) is 19.9. The third-order valence-corrected chi connectivity index (χ3v) is 16.8. The predicted molar refractivity (Wildman–Crippen MR) is 322 cm³/mol. The number of hydrogen-bond acceptors (Lipinski definition) is 0. The van der Waals surface area contributed by atoms with Crippen LogP contribution < -0.4 is 0 Å². The molecule has 16 rings (SSSR count). The van der Waals surface area contributed by atoms with Gasteiger partial charge in [-0.25, -0.2) is 0 Å². The highest BCUT2D eigenvalue weighted by atomic mass is 15.0. The molecule has 1 aromatic heterocycles. The Balaban J connectivity index is 0.850. The molecule has 0 amide bonds. The Bertz CT molecular complexity index is 4740. The van der Waals surface area contributed by atoms with Crippen LogP contribution in [-0.2, 0) is 5.41 Å². The van der Waals surface area contributed by atoms with E-state index in [-0.39, 0.29) is 0 Å². The topological polar surface area (TPSA) is 4.93 Å². The van der Waals surface area contributed by atoms with Crippen LogP contribution in [0.4, 0.5) is 0 Å². The number of benzene rings is 14. The van der Waals surface area contributed by atoms with Crippen LogP contribution >= 0.6 is 0 Å². The minimum atomic E-state index is -0.556. The van der Waals surface area contributed by atoms with E-state index in [2.05, 4.69) is 290 Å². The van der Waals surface area contributed by atoms with Gasteiger partial charge in [0.25, 0.3) is 0 Å². The second-order valence-electron chi connectivity index (χ2n) is 20.6. The molecule has 0 spiro atoms. The molecule has 352 valence electrons. The van der Waals surface area contributed by atoms with E-state index in [1.165, 1.54) is 148 Å². The van der Waals surface area contributed by atoms with Crippen LogP contribution in [0.3, 0.4) is 0 Å². The highest BCUT2D eigenvalue weighted by molar-refractivity contribution is 6.23. The SMILES string of the molecule is c1ccc(-n2c3ccccc3c3cc(-c4c5ccccc5c(-c5ccc(-c6ccc7cc8c(cc7c6)C(c6ccccc6)(c6ccccc6)c6c-8c7ccccc7c7ccccc67)cc5)c5ccccc45)ccc32)cc1. The number of aromatic nitrogens is 1. The van der Waals surface area contributed by atoms with E-state index in [9.17, 15) is 0 Å². The molecule has 15 aromatic rings. The van der Waals surface area contributed by atoms with Gasteiger partial charge in [-0.15, -0.1) is 0 Å². The van der Waals surface area contributed by atoms with E-state index >= 15 is 0 Å². The summed E-state index contributed by atoms with van der Waals surface area (Å²) in [6, 6.07) is 106. The quantitative estimate of drug-likeness (QED) is 0.116. The molecule has 0 bridgehead atoms. The maximum Gasteiger partial charge on any atom is 0.0720 e. The summed E-state index contributed by atoms with van der Waals surface area (Å²) in [5.41, 5.74) is 18.2. The molecule has 0 saturated heterocycles. The molecular formula is C75H47N. The lowest BCUT2D eigenvalue weighted by Gasteiger charge is -2.35. The number of hydrogen-bond donors (Lipinski definition) is 0. The van der Waals surface area contributed by atoms with Crippen molar-refractivity contribution in [2.45, 2.75) is 5.41 Å². The minimum Gasteiger partial charge on any atom is -0.309 e. The molecule has 0 aliphatic heterocycles. The molecule has 1 aliphatic carbocycles.